The predicted molar refractivity (Wildman–Crippen MR) is 84.2 cm³/mol. The van der Waals surface area contributed by atoms with Crippen LogP contribution in [0.1, 0.15) is 28.2 Å². The molecule has 0 aliphatic heterocycles. The minimum Gasteiger partial charge on any atom is -0.497 e. The highest BCUT2D eigenvalue weighted by Crippen LogP contribution is 2.17. The SMILES string of the molecule is COc1ccc(C(C)NC(=O)COC(=O)c2cccs2)cc1. The smallest absolute Gasteiger partial charge is 0.348 e. The third kappa shape index (κ3) is 4.33. The number of amides is 1. The number of methoxy groups -OCH3 is 1. The summed E-state index contributed by atoms with van der Waals surface area (Å²) >= 11 is 1.28. The normalized spacial score (nSPS) is 11.5. The summed E-state index contributed by atoms with van der Waals surface area (Å²) in [7, 11) is 1.60. The second-order valence-corrected chi connectivity index (χ2v) is 5.56. The summed E-state index contributed by atoms with van der Waals surface area (Å²) in [6.07, 6.45) is 0. The van der Waals surface area contributed by atoms with Crippen molar-refractivity contribution in [2.75, 3.05) is 13.7 Å². The summed E-state index contributed by atoms with van der Waals surface area (Å²) in [5.41, 5.74) is 0.943. The summed E-state index contributed by atoms with van der Waals surface area (Å²) in [6.45, 7) is 1.57. The fraction of sp³-hybridized carbons (Fsp3) is 0.250. The van der Waals surface area contributed by atoms with Crippen molar-refractivity contribution in [2.45, 2.75) is 13.0 Å². The van der Waals surface area contributed by atoms with Crippen molar-refractivity contribution >= 4 is 23.2 Å². The second-order valence-electron chi connectivity index (χ2n) is 4.62. The van der Waals surface area contributed by atoms with Gasteiger partial charge in [0.1, 0.15) is 10.6 Å². The number of carbonyl (C=O) groups excluding carboxylic acids is 2. The van der Waals surface area contributed by atoms with Crippen LogP contribution >= 0.6 is 11.3 Å². The van der Waals surface area contributed by atoms with Crippen LogP contribution in [0.2, 0.25) is 0 Å². The molecule has 0 aliphatic rings. The molecule has 1 aromatic carbocycles. The lowest BCUT2D eigenvalue weighted by Gasteiger charge is -2.14. The standard InChI is InChI=1S/C16H17NO4S/c1-11(12-5-7-13(20-2)8-6-12)17-15(18)10-21-16(19)14-4-3-9-22-14/h3-9,11H,10H2,1-2H3,(H,17,18). The molecule has 1 atom stereocenters. The van der Waals surface area contributed by atoms with Gasteiger partial charge in [0.2, 0.25) is 0 Å². The number of nitrogens with one attached hydrogen (secondary N) is 1. The van der Waals surface area contributed by atoms with E-state index in [0.29, 0.717) is 4.88 Å². The van der Waals surface area contributed by atoms with E-state index in [2.05, 4.69) is 5.32 Å². The molecule has 5 nitrogen and oxygen atoms in total. The molecule has 22 heavy (non-hydrogen) atoms. The third-order valence-corrected chi connectivity index (χ3v) is 3.90. The number of benzene rings is 1. The lowest BCUT2D eigenvalue weighted by atomic mass is 10.1. The largest absolute Gasteiger partial charge is 0.497 e. The molecule has 1 heterocycles. The van der Waals surface area contributed by atoms with Crippen LogP contribution in [-0.4, -0.2) is 25.6 Å². The van der Waals surface area contributed by atoms with Crippen molar-refractivity contribution < 1.29 is 19.1 Å². The summed E-state index contributed by atoms with van der Waals surface area (Å²) < 4.78 is 10.0. The van der Waals surface area contributed by atoms with Crippen LogP contribution in [0.5, 0.6) is 5.75 Å². The molecule has 0 bridgehead atoms. The molecule has 1 amide bonds. The topological polar surface area (TPSA) is 64.6 Å². The Kier molecular flexibility index (Phi) is 5.55. The maximum Gasteiger partial charge on any atom is 0.348 e. The molecule has 1 aromatic heterocycles. The van der Waals surface area contributed by atoms with Gasteiger partial charge in [0, 0.05) is 0 Å². The van der Waals surface area contributed by atoms with E-state index >= 15 is 0 Å². The van der Waals surface area contributed by atoms with Crippen molar-refractivity contribution in [3.8, 4) is 5.75 Å². The average molecular weight is 319 g/mol. The second kappa shape index (κ2) is 7.61. The van der Waals surface area contributed by atoms with Crippen molar-refractivity contribution in [3.05, 3.63) is 52.2 Å². The monoisotopic (exact) mass is 319 g/mol. The molecule has 0 spiro atoms. The minimum absolute atomic E-state index is 0.182. The van der Waals surface area contributed by atoms with Crippen LogP contribution in [0.4, 0.5) is 0 Å². The first-order valence-corrected chi connectivity index (χ1v) is 7.62. The molecule has 0 radical (unpaired) electrons. The number of hydrogen-bond acceptors (Lipinski definition) is 5. The molecule has 2 aromatic rings. The Labute approximate surface area is 132 Å². The van der Waals surface area contributed by atoms with Crippen molar-refractivity contribution in [2.24, 2.45) is 0 Å². The Morgan fingerprint density at radius 3 is 2.55 bits per heavy atom. The molecule has 0 saturated carbocycles. The van der Waals surface area contributed by atoms with Gasteiger partial charge in [-0.25, -0.2) is 4.79 Å². The Morgan fingerprint density at radius 2 is 1.95 bits per heavy atom. The Morgan fingerprint density at radius 1 is 1.23 bits per heavy atom. The molecule has 1 N–H and O–H groups in total. The highest BCUT2D eigenvalue weighted by Gasteiger charge is 2.13. The maximum absolute atomic E-state index is 11.8. The number of rotatable bonds is 6. The number of ether oxygens (including phenoxy) is 2. The van der Waals surface area contributed by atoms with Gasteiger partial charge < -0.3 is 14.8 Å². The summed E-state index contributed by atoms with van der Waals surface area (Å²) in [5, 5.41) is 4.56. The highest BCUT2D eigenvalue weighted by molar-refractivity contribution is 7.11. The molecule has 1 unspecified atom stereocenters. The molecule has 0 aliphatic carbocycles. The van der Waals surface area contributed by atoms with Crippen LogP contribution in [0.3, 0.4) is 0 Å². The summed E-state index contributed by atoms with van der Waals surface area (Å²) in [5.74, 6) is -0.0670. The Hall–Kier alpha value is -2.34. The molecule has 0 saturated heterocycles. The Bertz CT molecular complexity index is 622. The Balaban J connectivity index is 1.81. The molecule has 6 heteroatoms. The van der Waals surface area contributed by atoms with Crippen LogP contribution in [-0.2, 0) is 9.53 Å². The molecular formula is C16H17NO4S. The van der Waals surface area contributed by atoms with Gasteiger partial charge in [0.25, 0.3) is 5.91 Å². The van der Waals surface area contributed by atoms with Crippen molar-refractivity contribution in [3.63, 3.8) is 0 Å². The summed E-state index contributed by atoms with van der Waals surface area (Å²) in [6, 6.07) is 10.6. The zero-order valence-corrected chi connectivity index (χ0v) is 13.2. The van der Waals surface area contributed by atoms with Gasteiger partial charge in [-0.2, -0.15) is 0 Å². The van der Waals surface area contributed by atoms with Crippen molar-refractivity contribution in [1.82, 2.24) is 5.32 Å². The van der Waals surface area contributed by atoms with Gasteiger partial charge in [-0.15, -0.1) is 11.3 Å². The van der Waals surface area contributed by atoms with Crippen LogP contribution < -0.4 is 10.1 Å². The lowest BCUT2D eigenvalue weighted by molar-refractivity contribution is -0.124. The number of hydrogen-bond donors (Lipinski definition) is 1. The van der Waals surface area contributed by atoms with E-state index in [1.54, 1.807) is 24.6 Å². The van der Waals surface area contributed by atoms with Gasteiger partial charge in [-0.3, -0.25) is 4.79 Å². The van der Waals surface area contributed by atoms with E-state index in [1.165, 1.54) is 11.3 Å². The maximum atomic E-state index is 11.8. The lowest BCUT2D eigenvalue weighted by Crippen LogP contribution is -2.31. The first kappa shape index (κ1) is 16.0. The van der Waals surface area contributed by atoms with E-state index in [1.807, 2.05) is 31.2 Å². The van der Waals surface area contributed by atoms with E-state index in [0.717, 1.165) is 11.3 Å². The minimum atomic E-state index is -0.484. The van der Waals surface area contributed by atoms with Crippen LogP contribution in [0.25, 0.3) is 0 Å². The van der Waals surface area contributed by atoms with Gasteiger partial charge in [-0.05, 0) is 36.1 Å². The summed E-state index contributed by atoms with van der Waals surface area (Å²) in [4.78, 5) is 23.9. The molecule has 116 valence electrons. The van der Waals surface area contributed by atoms with Crippen LogP contribution in [0, 0.1) is 0 Å². The zero-order valence-electron chi connectivity index (χ0n) is 12.4. The first-order valence-electron chi connectivity index (χ1n) is 6.74. The highest BCUT2D eigenvalue weighted by atomic mass is 32.1. The van der Waals surface area contributed by atoms with Crippen LogP contribution in [0.15, 0.2) is 41.8 Å². The van der Waals surface area contributed by atoms with Gasteiger partial charge in [0.15, 0.2) is 6.61 Å². The van der Waals surface area contributed by atoms with E-state index in [-0.39, 0.29) is 18.6 Å². The van der Waals surface area contributed by atoms with E-state index in [4.69, 9.17) is 9.47 Å². The predicted octanol–water partition coefficient (Wildman–Crippen LogP) is 2.79. The number of thiophene rings is 1. The fourth-order valence-electron chi connectivity index (χ4n) is 1.86. The van der Waals surface area contributed by atoms with E-state index in [9.17, 15) is 9.59 Å². The van der Waals surface area contributed by atoms with Gasteiger partial charge in [0.05, 0.1) is 13.2 Å². The van der Waals surface area contributed by atoms with E-state index < -0.39 is 5.97 Å². The number of carbonyl (C=O) groups is 2. The quantitative estimate of drug-likeness (QED) is 0.832. The molecule has 2 rings (SSSR count). The zero-order chi connectivity index (χ0) is 15.9. The first-order chi connectivity index (χ1) is 10.6. The fourth-order valence-corrected chi connectivity index (χ4v) is 2.47. The van der Waals surface area contributed by atoms with Gasteiger partial charge in [-0.1, -0.05) is 18.2 Å². The van der Waals surface area contributed by atoms with Crippen molar-refractivity contribution in [1.29, 1.82) is 0 Å². The van der Waals surface area contributed by atoms with Gasteiger partial charge >= 0.3 is 5.97 Å². The number of esters is 1. The average Bonchev–Trinajstić information content (AvgIpc) is 3.07. The third-order valence-electron chi connectivity index (χ3n) is 3.05. The molecular weight excluding hydrogens is 302 g/mol. The molecule has 0 fully saturated rings.